The minimum atomic E-state index is -0.252. The first-order valence-corrected chi connectivity index (χ1v) is 8.22. The normalized spacial score (nSPS) is 12.0. The van der Waals surface area contributed by atoms with Gasteiger partial charge in [0.25, 0.3) is 5.91 Å². The summed E-state index contributed by atoms with van der Waals surface area (Å²) in [6.07, 6.45) is 0. The highest BCUT2D eigenvalue weighted by molar-refractivity contribution is 5.95. The largest absolute Gasteiger partial charge is 0.493 e. The fourth-order valence-electron chi connectivity index (χ4n) is 2.65. The molecule has 3 rings (SSSR count). The van der Waals surface area contributed by atoms with Crippen molar-refractivity contribution in [2.24, 2.45) is 0 Å². The molecule has 5 nitrogen and oxygen atoms in total. The van der Waals surface area contributed by atoms with Gasteiger partial charge >= 0.3 is 0 Å². The molecule has 0 fully saturated rings. The van der Waals surface area contributed by atoms with E-state index < -0.39 is 0 Å². The average molecular weight is 339 g/mol. The number of hydrogen-bond donors (Lipinski definition) is 1. The topological polar surface area (TPSA) is 60.7 Å². The SMILES string of the molecule is CCOc1ccc(C(=O)N[C@H](C)c2cc3ccccc3o2)cc1OC. The third-order valence-electron chi connectivity index (χ3n) is 3.94. The van der Waals surface area contributed by atoms with E-state index in [1.54, 1.807) is 25.3 Å². The summed E-state index contributed by atoms with van der Waals surface area (Å²) in [6.45, 7) is 4.32. The molecule has 1 aromatic heterocycles. The minimum Gasteiger partial charge on any atom is -0.493 e. The van der Waals surface area contributed by atoms with Gasteiger partial charge in [0, 0.05) is 10.9 Å². The Morgan fingerprint density at radius 2 is 1.96 bits per heavy atom. The van der Waals surface area contributed by atoms with Crippen LogP contribution in [0, 0.1) is 0 Å². The molecule has 0 aliphatic carbocycles. The van der Waals surface area contributed by atoms with Crippen LogP contribution in [0.2, 0.25) is 0 Å². The zero-order valence-electron chi connectivity index (χ0n) is 14.5. The lowest BCUT2D eigenvalue weighted by atomic mass is 10.1. The van der Waals surface area contributed by atoms with Crippen LogP contribution in [0.3, 0.4) is 0 Å². The Morgan fingerprint density at radius 1 is 1.16 bits per heavy atom. The minimum absolute atomic E-state index is 0.200. The van der Waals surface area contributed by atoms with E-state index in [2.05, 4.69) is 5.32 Å². The number of nitrogens with one attached hydrogen (secondary N) is 1. The van der Waals surface area contributed by atoms with Crippen molar-refractivity contribution in [1.29, 1.82) is 0 Å². The van der Waals surface area contributed by atoms with E-state index in [1.165, 1.54) is 0 Å². The van der Waals surface area contributed by atoms with Gasteiger partial charge in [0.1, 0.15) is 11.3 Å². The van der Waals surface area contributed by atoms with Gasteiger partial charge in [-0.3, -0.25) is 4.79 Å². The zero-order chi connectivity index (χ0) is 17.8. The number of amides is 1. The number of carbonyl (C=O) groups is 1. The van der Waals surface area contributed by atoms with Gasteiger partial charge in [-0.1, -0.05) is 18.2 Å². The summed E-state index contributed by atoms with van der Waals surface area (Å²) in [6, 6.07) is 14.6. The molecule has 0 aliphatic rings. The summed E-state index contributed by atoms with van der Waals surface area (Å²) in [4.78, 5) is 12.5. The maximum absolute atomic E-state index is 12.5. The average Bonchev–Trinajstić information content (AvgIpc) is 3.06. The van der Waals surface area contributed by atoms with Crippen LogP contribution >= 0.6 is 0 Å². The second-order valence-corrected chi connectivity index (χ2v) is 5.68. The first-order chi connectivity index (χ1) is 12.1. The van der Waals surface area contributed by atoms with Crippen LogP contribution in [0.25, 0.3) is 11.0 Å². The van der Waals surface area contributed by atoms with Crippen LogP contribution in [0.5, 0.6) is 11.5 Å². The molecular weight excluding hydrogens is 318 g/mol. The van der Waals surface area contributed by atoms with Crippen molar-refractivity contribution in [2.75, 3.05) is 13.7 Å². The number of hydrogen-bond acceptors (Lipinski definition) is 4. The number of para-hydroxylation sites is 1. The van der Waals surface area contributed by atoms with Gasteiger partial charge in [0.2, 0.25) is 0 Å². The highest BCUT2D eigenvalue weighted by Crippen LogP contribution is 2.29. The van der Waals surface area contributed by atoms with Gasteiger partial charge in [0.05, 0.1) is 19.8 Å². The molecule has 0 saturated heterocycles. The lowest BCUT2D eigenvalue weighted by Gasteiger charge is -2.13. The van der Waals surface area contributed by atoms with Gasteiger partial charge in [-0.2, -0.15) is 0 Å². The number of fused-ring (bicyclic) bond motifs is 1. The predicted molar refractivity (Wildman–Crippen MR) is 96.3 cm³/mol. The van der Waals surface area contributed by atoms with Crippen molar-refractivity contribution in [3.63, 3.8) is 0 Å². The highest BCUT2D eigenvalue weighted by atomic mass is 16.5. The molecule has 1 N–H and O–H groups in total. The fourth-order valence-corrected chi connectivity index (χ4v) is 2.65. The van der Waals surface area contributed by atoms with E-state index in [1.807, 2.05) is 44.2 Å². The zero-order valence-corrected chi connectivity index (χ0v) is 14.5. The second-order valence-electron chi connectivity index (χ2n) is 5.68. The molecule has 1 atom stereocenters. The highest BCUT2D eigenvalue weighted by Gasteiger charge is 2.17. The summed E-state index contributed by atoms with van der Waals surface area (Å²) in [5.41, 5.74) is 1.31. The Hall–Kier alpha value is -2.95. The fraction of sp³-hybridized carbons (Fsp3) is 0.250. The van der Waals surface area contributed by atoms with E-state index in [0.717, 1.165) is 11.0 Å². The van der Waals surface area contributed by atoms with E-state index in [-0.39, 0.29) is 11.9 Å². The predicted octanol–water partition coefficient (Wildman–Crippen LogP) is 4.33. The van der Waals surface area contributed by atoms with Gasteiger partial charge in [0.15, 0.2) is 11.5 Å². The van der Waals surface area contributed by atoms with Gasteiger partial charge < -0.3 is 19.2 Å². The first-order valence-electron chi connectivity index (χ1n) is 8.22. The van der Waals surface area contributed by atoms with Crippen molar-refractivity contribution >= 4 is 16.9 Å². The summed E-state index contributed by atoms with van der Waals surface area (Å²) < 4.78 is 16.6. The molecule has 0 spiro atoms. The van der Waals surface area contributed by atoms with Gasteiger partial charge in [-0.05, 0) is 44.2 Å². The quantitative estimate of drug-likeness (QED) is 0.726. The van der Waals surface area contributed by atoms with Crippen LogP contribution in [0.4, 0.5) is 0 Å². The Bertz CT molecular complexity index is 851. The van der Waals surface area contributed by atoms with Crippen LogP contribution in [-0.4, -0.2) is 19.6 Å². The molecule has 0 radical (unpaired) electrons. The lowest BCUT2D eigenvalue weighted by molar-refractivity contribution is 0.0935. The molecule has 25 heavy (non-hydrogen) atoms. The maximum Gasteiger partial charge on any atom is 0.252 e. The molecule has 3 aromatic rings. The second kappa shape index (κ2) is 7.30. The summed E-state index contributed by atoms with van der Waals surface area (Å²) >= 11 is 0. The Labute approximate surface area is 146 Å². The third kappa shape index (κ3) is 3.60. The van der Waals surface area contributed by atoms with Crippen molar-refractivity contribution in [3.05, 3.63) is 59.9 Å². The van der Waals surface area contributed by atoms with E-state index >= 15 is 0 Å². The standard InChI is InChI=1S/C20H21NO4/c1-4-24-17-10-9-15(12-19(17)23-3)20(22)21-13(2)18-11-14-7-5-6-8-16(14)25-18/h5-13H,4H2,1-3H3,(H,21,22)/t13-/m1/s1. The third-order valence-corrected chi connectivity index (χ3v) is 3.94. The van der Waals surface area contributed by atoms with Crippen LogP contribution in [-0.2, 0) is 0 Å². The number of furan rings is 1. The molecule has 130 valence electrons. The van der Waals surface area contributed by atoms with Crippen molar-refractivity contribution in [1.82, 2.24) is 5.32 Å². The van der Waals surface area contributed by atoms with Crippen molar-refractivity contribution in [3.8, 4) is 11.5 Å². The van der Waals surface area contributed by atoms with Crippen molar-refractivity contribution in [2.45, 2.75) is 19.9 Å². The molecule has 0 saturated carbocycles. The monoisotopic (exact) mass is 339 g/mol. The van der Waals surface area contributed by atoms with E-state index in [0.29, 0.717) is 29.4 Å². The summed E-state index contributed by atoms with van der Waals surface area (Å²) in [5.74, 6) is 1.67. The molecule has 0 unspecified atom stereocenters. The number of benzene rings is 2. The number of carbonyl (C=O) groups excluding carboxylic acids is 1. The molecule has 0 aliphatic heterocycles. The van der Waals surface area contributed by atoms with Crippen LogP contribution < -0.4 is 14.8 Å². The molecule has 1 amide bonds. The Kier molecular flexibility index (Phi) is 4.93. The number of rotatable bonds is 6. The van der Waals surface area contributed by atoms with E-state index in [4.69, 9.17) is 13.9 Å². The molecule has 1 heterocycles. The van der Waals surface area contributed by atoms with Crippen LogP contribution in [0.1, 0.15) is 36.0 Å². The Balaban J connectivity index is 1.76. The molecule has 5 heteroatoms. The number of ether oxygens (including phenoxy) is 2. The lowest BCUT2D eigenvalue weighted by Crippen LogP contribution is -2.26. The maximum atomic E-state index is 12.5. The molecule has 0 bridgehead atoms. The summed E-state index contributed by atoms with van der Waals surface area (Å²) in [5, 5.41) is 3.96. The van der Waals surface area contributed by atoms with E-state index in [9.17, 15) is 4.79 Å². The number of methoxy groups -OCH3 is 1. The van der Waals surface area contributed by atoms with Crippen molar-refractivity contribution < 1.29 is 18.7 Å². The van der Waals surface area contributed by atoms with Gasteiger partial charge in [-0.25, -0.2) is 0 Å². The Morgan fingerprint density at radius 3 is 2.68 bits per heavy atom. The smallest absolute Gasteiger partial charge is 0.252 e. The molecular formula is C20H21NO4. The first kappa shape index (κ1) is 16.9. The summed E-state index contributed by atoms with van der Waals surface area (Å²) in [7, 11) is 1.55. The molecule has 2 aromatic carbocycles. The van der Waals surface area contributed by atoms with Gasteiger partial charge in [-0.15, -0.1) is 0 Å². The van der Waals surface area contributed by atoms with Crippen LogP contribution in [0.15, 0.2) is 52.9 Å².